The number of rotatable bonds is 70. The minimum absolute atomic E-state index is 0.0188. The molecular formula is C76H147N2O7P. The molecule has 10 heteroatoms. The molecule has 0 radical (unpaired) electrons. The van der Waals surface area contributed by atoms with Gasteiger partial charge in [-0.25, -0.2) is 0 Å². The van der Waals surface area contributed by atoms with E-state index in [1.807, 2.05) is 33.3 Å². The van der Waals surface area contributed by atoms with Crippen molar-refractivity contribution in [3.63, 3.8) is 0 Å². The van der Waals surface area contributed by atoms with E-state index in [1.54, 1.807) is 0 Å². The van der Waals surface area contributed by atoms with Crippen LogP contribution in [0, 0.1) is 0 Å². The zero-order chi connectivity index (χ0) is 62.8. The van der Waals surface area contributed by atoms with Crippen molar-refractivity contribution >= 4 is 19.7 Å². The van der Waals surface area contributed by atoms with Crippen LogP contribution in [0.15, 0.2) is 36.5 Å². The summed E-state index contributed by atoms with van der Waals surface area (Å²) in [4.78, 5) is 40.3. The van der Waals surface area contributed by atoms with Gasteiger partial charge in [-0.15, -0.1) is 0 Å². The molecule has 0 aliphatic rings. The number of hydrogen-bond donors (Lipinski definition) is 1. The Morgan fingerprint density at radius 1 is 0.407 bits per heavy atom. The lowest BCUT2D eigenvalue weighted by Gasteiger charge is -2.30. The zero-order valence-electron chi connectivity index (χ0n) is 58.3. The quantitative estimate of drug-likeness (QED) is 0.0212. The molecule has 0 aliphatic carbocycles. The molecule has 3 atom stereocenters. The van der Waals surface area contributed by atoms with E-state index < -0.39 is 20.0 Å². The van der Waals surface area contributed by atoms with Crippen LogP contribution in [0.2, 0.25) is 0 Å². The first-order valence-electron chi connectivity index (χ1n) is 37.8. The molecule has 0 aromatic carbocycles. The molecule has 0 fully saturated rings. The number of hydrogen-bond acceptors (Lipinski definition) is 7. The first kappa shape index (κ1) is 84.2. The number of esters is 1. The van der Waals surface area contributed by atoms with Crippen LogP contribution in [0.3, 0.4) is 0 Å². The second kappa shape index (κ2) is 66.2. The van der Waals surface area contributed by atoms with E-state index in [-0.39, 0.29) is 31.5 Å². The maximum Gasteiger partial charge on any atom is 0.306 e. The van der Waals surface area contributed by atoms with Crippen molar-refractivity contribution in [2.24, 2.45) is 0 Å². The summed E-state index contributed by atoms with van der Waals surface area (Å²) < 4.78 is 30.5. The van der Waals surface area contributed by atoms with Gasteiger partial charge in [-0.1, -0.05) is 347 Å². The fourth-order valence-electron chi connectivity index (χ4n) is 11.5. The summed E-state index contributed by atoms with van der Waals surface area (Å²) in [5.41, 5.74) is 0. The third-order valence-electron chi connectivity index (χ3n) is 17.3. The van der Waals surface area contributed by atoms with Gasteiger partial charge in [0.2, 0.25) is 5.91 Å². The molecule has 0 aliphatic heterocycles. The zero-order valence-corrected chi connectivity index (χ0v) is 59.2. The summed E-state index contributed by atoms with van der Waals surface area (Å²) in [7, 11) is 1.21. The van der Waals surface area contributed by atoms with Gasteiger partial charge < -0.3 is 28.5 Å². The number of unbranched alkanes of at least 4 members (excludes halogenated alkanes) is 50. The number of carbonyl (C=O) groups is 2. The number of phosphoric acid groups is 1. The highest BCUT2D eigenvalue weighted by atomic mass is 31.2. The summed E-state index contributed by atoms with van der Waals surface area (Å²) in [6.07, 6.45) is 82.8. The number of nitrogens with one attached hydrogen (secondary N) is 1. The van der Waals surface area contributed by atoms with Gasteiger partial charge in [0.05, 0.1) is 33.8 Å². The van der Waals surface area contributed by atoms with Crippen molar-refractivity contribution in [2.45, 2.75) is 399 Å². The Morgan fingerprint density at radius 2 is 0.709 bits per heavy atom. The monoisotopic (exact) mass is 1230 g/mol. The highest BCUT2D eigenvalue weighted by molar-refractivity contribution is 7.45. The average Bonchev–Trinajstić information content (AvgIpc) is 3.69. The smallest absolute Gasteiger partial charge is 0.306 e. The molecule has 9 nitrogen and oxygen atoms in total. The maximum absolute atomic E-state index is 13.6. The lowest BCUT2D eigenvalue weighted by molar-refractivity contribution is -0.870. The fourth-order valence-corrected chi connectivity index (χ4v) is 12.2. The largest absolute Gasteiger partial charge is 0.756 e. The Kier molecular flexibility index (Phi) is 64.8. The van der Waals surface area contributed by atoms with Gasteiger partial charge in [-0.3, -0.25) is 14.2 Å². The molecule has 0 rings (SSSR count). The lowest BCUT2D eigenvalue weighted by atomic mass is 10.0. The van der Waals surface area contributed by atoms with Crippen LogP contribution in [-0.4, -0.2) is 69.4 Å². The first-order valence-corrected chi connectivity index (χ1v) is 39.3. The van der Waals surface area contributed by atoms with E-state index in [4.69, 9.17) is 13.8 Å². The van der Waals surface area contributed by atoms with Crippen molar-refractivity contribution in [2.75, 3.05) is 40.9 Å². The van der Waals surface area contributed by atoms with E-state index in [2.05, 4.69) is 50.4 Å². The average molecular weight is 1230 g/mol. The maximum atomic E-state index is 13.6. The first-order chi connectivity index (χ1) is 41.9. The highest BCUT2D eigenvalue weighted by Gasteiger charge is 2.27. The minimum Gasteiger partial charge on any atom is -0.756 e. The molecule has 0 saturated heterocycles. The van der Waals surface area contributed by atoms with Crippen molar-refractivity contribution in [3.05, 3.63) is 36.5 Å². The Bertz CT molecular complexity index is 1560. The summed E-state index contributed by atoms with van der Waals surface area (Å²) >= 11 is 0. The van der Waals surface area contributed by atoms with Gasteiger partial charge in [-0.2, -0.15) is 0 Å². The van der Waals surface area contributed by atoms with Gasteiger partial charge >= 0.3 is 5.97 Å². The molecule has 86 heavy (non-hydrogen) atoms. The van der Waals surface area contributed by atoms with Crippen LogP contribution in [0.5, 0.6) is 0 Å². The Hall–Kier alpha value is -1.77. The summed E-state index contributed by atoms with van der Waals surface area (Å²) in [6, 6.07) is -0.885. The van der Waals surface area contributed by atoms with Crippen LogP contribution < -0.4 is 10.2 Å². The number of nitrogens with zero attached hydrogens (tertiary/aromatic N) is 1. The topological polar surface area (TPSA) is 114 Å². The molecular weight excluding hydrogens is 1080 g/mol. The number of carbonyl (C=O) groups excluding carboxylic acids is 2. The third-order valence-corrected chi connectivity index (χ3v) is 18.3. The van der Waals surface area contributed by atoms with Crippen LogP contribution in [0.25, 0.3) is 0 Å². The number of ether oxygens (including phenoxy) is 1. The molecule has 508 valence electrons. The normalized spacial score (nSPS) is 13.6. The predicted molar refractivity (Wildman–Crippen MR) is 372 cm³/mol. The SMILES string of the molecule is CCCCC/C=C\C/C=C\CCCCCCCCCCCCCCCCCC(=O)NC(COP(=O)([O-])OCC[N+](C)(C)C)C(/C=C/CCCCCCCCCCCC)OC(=O)CCCCCCCCCCCCCCCCCCCCCCCCC. The van der Waals surface area contributed by atoms with Crippen LogP contribution in [0.4, 0.5) is 0 Å². The summed E-state index contributed by atoms with van der Waals surface area (Å²) in [5.74, 6) is -0.517. The summed E-state index contributed by atoms with van der Waals surface area (Å²) in [6.45, 7) is 6.89. The molecule has 1 N–H and O–H groups in total. The van der Waals surface area contributed by atoms with E-state index in [0.717, 1.165) is 64.2 Å². The molecule has 0 bridgehead atoms. The third kappa shape index (κ3) is 66.6. The molecule has 0 aromatic rings. The lowest BCUT2D eigenvalue weighted by Crippen LogP contribution is -2.47. The Balaban J connectivity index is 4.96. The summed E-state index contributed by atoms with van der Waals surface area (Å²) in [5, 5.41) is 3.06. The van der Waals surface area contributed by atoms with E-state index >= 15 is 0 Å². The van der Waals surface area contributed by atoms with E-state index in [0.29, 0.717) is 17.4 Å². The molecule has 0 saturated carbocycles. The van der Waals surface area contributed by atoms with Gasteiger partial charge in [0, 0.05) is 12.8 Å². The van der Waals surface area contributed by atoms with Gasteiger partial charge in [0.25, 0.3) is 7.82 Å². The van der Waals surface area contributed by atoms with Crippen LogP contribution in [0.1, 0.15) is 387 Å². The van der Waals surface area contributed by atoms with Crippen molar-refractivity contribution < 1.29 is 37.3 Å². The minimum atomic E-state index is -4.70. The highest BCUT2D eigenvalue weighted by Crippen LogP contribution is 2.38. The number of phosphoric ester groups is 1. The van der Waals surface area contributed by atoms with Crippen molar-refractivity contribution in [1.29, 1.82) is 0 Å². The van der Waals surface area contributed by atoms with Crippen LogP contribution >= 0.6 is 7.82 Å². The Labute approximate surface area is 536 Å². The number of allylic oxidation sites excluding steroid dienone is 5. The fraction of sp³-hybridized carbons (Fsp3) is 0.895. The number of quaternary nitrogens is 1. The number of amides is 1. The van der Waals surface area contributed by atoms with Crippen LogP contribution in [-0.2, 0) is 27.9 Å². The molecule has 1 amide bonds. The van der Waals surface area contributed by atoms with Gasteiger partial charge in [-0.05, 0) is 63.9 Å². The second-order valence-electron chi connectivity index (χ2n) is 27.2. The van der Waals surface area contributed by atoms with E-state index in [1.165, 1.54) is 289 Å². The molecule has 0 heterocycles. The van der Waals surface area contributed by atoms with Gasteiger partial charge in [0.1, 0.15) is 19.3 Å². The van der Waals surface area contributed by atoms with Gasteiger partial charge in [0.15, 0.2) is 0 Å². The molecule has 3 unspecified atom stereocenters. The Morgan fingerprint density at radius 3 is 1.07 bits per heavy atom. The second-order valence-corrected chi connectivity index (χ2v) is 28.6. The van der Waals surface area contributed by atoms with E-state index in [9.17, 15) is 19.0 Å². The number of likely N-dealkylation sites (N-methyl/N-ethyl adjacent to an activating group) is 1. The standard InChI is InChI=1S/C76H147N2O7P/c1-7-10-13-16-19-22-25-28-30-32-34-36-38-39-41-42-44-46-48-50-53-56-59-62-65-68-75(79)77-73(72-84-86(81,82)83-71-70-78(4,5)6)74(67-64-61-58-55-52-27-24-21-18-15-12-9-3)85-76(80)69-66-63-60-57-54-51-49-47-45-43-40-37-35-33-31-29-26-23-20-17-14-11-8-2/h19,22,28,30,64,67,73-74H,7-18,20-21,23-27,29,31-63,65-66,68-72H2,1-6H3,(H-,77,79,81,82)/b22-19-,30-28-,67-64+. The predicted octanol–water partition coefficient (Wildman–Crippen LogP) is 23.6. The van der Waals surface area contributed by atoms with Crippen molar-refractivity contribution in [1.82, 2.24) is 5.32 Å². The molecule has 0 aromatic heterocycles. The molecule has 0 spiro atoms. The van der Waals surface area contributed by atoms with Crippen molar-refractivity contribution in [3.8, 4) is 0 Å².